The lowest BCUT2D eigenvalue weighted by Crippen LogP contribution is -2.55. The summed E-state index contributed by atoms with van der Waals surface area (Å²) in [5.41, 5.74) is 0.588. The highest BCUT2D eigenvalue weighted by Crippen LogP contribution is 2.60. The van der Waals surface area contributed by atoms with Gasteiger partial charge in [-0.2, -0.15) is 0 Å². The Morgan fingerprint density at radius 3 is 2.51 bits per heavy atom. The molecule has 3 amide bonds. The minimum Gasteiger partial charge on any atom is -0.441 e. The highest BCUT2D eigenvalue weighted by atomic mass is 28.4. The molecule has 3 saturated heterocycles. The zero-order valence-corrected chi connectivity index (χ0v) is 27.1. The van der Waals surface area contributed by atoms with E-state index in [1.807, 2.05) is 37.3 Å². The molecular formula is C33H41N3O8Si. The van der Waals surface area contributed by atoms with Crippen LogP contribution in [-0.2, 0) is 40.8 Å². The summed E-state index contributed by atoms with van der Waals surface area (Å²) in [5.74, 6) is -1.67. The number of ether oxygens (including phenoxy) is 2. The Kier molecular flexibility index (Phi) is 8.13. The SMILES string of the molecule is CC(=O)OC1CC(=O)N1c1ccc2c(c1)[C@]1(O[C@@H](CC(=O)N3CCC[C@H]3CO)[C@H]([Si](C)(C)O)[C@H]1C)C(=O)N2Cc1ccccc1. The van der Waals surface area contributed by atoms with E-state index in [9.17, 15) is 29.1 Å². The Morgan fingerprint density at radius 1 is 1.13 bits per heavy atom. The number of anilines is 2. The molecule has 6 atom stereocenters. The second kappa shape index (κ2) is 11.7. The van der Waals surface area contributed by atoms with Crippen LogP contribution in [0.4, 0.5) is 11.4 Å². The van der Waals surface area contributed by atoms with Crippen molar-refractivity contribution >= 4 is 43.4 Å². The van der Waals surface area contributed by atoms with Gasteiger partial charge >= 0.3 is 5.97 Å². The van der Waals surface area contributed by atoms with Crippen LogP contribution in [0, 0.1) is 5.92 Å². The van der Waals surface area contributed by atoms with Crippen LogP contribution in [0.1, 0.15) is 50.7 Å². The molecule has 4 aliphatic rings. The Balaban J connectivity index is 1.43. The molecule has 12 heteroatoms. The summed E-state index contributed by atoms with van der Waals surface area (Å²) in [5, 5.41) is 9.85. The van der Waals surface area contributed by atoms with Crippen LogP contribution in [-0.4, -0.2) is 78.3 Å². The maximum atomic E-state index is 14.8. The first kappa shape index (κ1) is 31.4. The summed E-state index contributed by atoms with van der Waals surface area (Å²) in [7, 11) is -3.03. The number of β-lactam (4-membered cyclic amide) rings is 1. The van der Waals surface area contributed by atoms with Gasteiger partial charge in [0.1, 0.15) is 0 Å². The van der Waals surface area contributed by atoms with E-state index in [2.05, 4.69) is 0 Å². The van der Waals surface area contributed by atoms with E-state index in [4.69, 9.17) is 9.47 Å². The lowest BCUT2D eigenvalue weighted by atomic mass is 9.82. The van der Waals surface area contributed by atoms with Gasteiger partial charge in [0.2, 0.25) is 11.8 Å². The number of carbonyl (C=O) groups excluding carboxylic acids is 4. The number of benzene rings is 2. The van der Waals surface area contributed by atoms with Gasteiger partial charge in [-0.25, -0.2) is 0 Å². The highest BCUT2D eigenvalue weighted by molar-refractivity contribution is 6.71. The van der Waals surface area contributed by atoms with Crippen LogP contribution in [0.3, 0.4) is 0 Å². The molecule has 11 nitrogen and oxygen atoms in total. The second-order valence-corrected chi connectivity index (χ2v) is 17.2. The number of aliphatic hydroxyl groups is 1. The minimum absolute atomic E-state index is 0.0234. The summed E-state index contributed by atoms with van der Waals surface area (Å²) in [6.07, 6.45) is 0.0878. The number of aliphatic hydroxyl groups excluding tert-OH is 1. The van der Waals surface area contributed by atoms with E-state index in [-0.39, 0.29) is 49.8 Å². The van der Waals surface area contributed by atoms with Crippen LogP contribution >= 0.6 is 0 Å². The topological polar surface area (TPSA) is 137 Å². The van der Waals surface area contributed by atoms with E-state index in [1.165, 1.54) is 11.8 Å². The van der Waals surface area contributed by atoms with Crippen molar-refractivity contribution in [1.29, 1.82) is 0 Å². The summed E-state index contributed by atoms with van der Waals surface area (Å²) in [6.45, 7) is 7.52. The van der Waals surface area contributed by atoms with Gasteiger partial charge in [0.15, 0.2) is 20.1 Å². The fourth-order valence-corrected chi connectivity index (χ4v) is 10.5. The number of likely N-dealkylation sites (tertiary alicyclic amines) is 1. The van der Waals surface area contributed by atoms with Gasteiger partial charge < -0.3 is 29.2 Å². The van der Waals surface area contributed by atoms with Crippen molar-refractivity contribution in [3.8, 4) is 0 Å². The smallest absolute Gasteiger partial charge is 0.304 e. The molecule has 3 fully saturated rings. The monoisotopic (exact) mass is 635 g/mol. The normalized spacial score (nSPS) is 29.4. The zero-order valence-electron chi connectivity index (χ0n) is 26.1. The number of carbonyl (C=O) groups is 4. The molecule has 1 unspecified atom stereocenters. The fourth-order valence-electron chi connectivity index (χ4n) is 7.96. The molecule has 1 spiro atoms. The van der Waals surface area contributed by atoms with Gasteiger partial charge in [-0.1, -0.05) is 37.3 Å². The van der Waals surface area contributed by atoms with Gasteiger partial charge in [-0.05, 0) is 49.7 Å². The van der Waals surface area contributed by atoms with E-state index in [0.717, 1.165) is 18.4 Å². The molecule has 4 heterocycles. The van der Waals surface area contributed by atoms with Crippen molar-refractivity contribution in [3.63, 3.8) is 0 Å². The summed E-state index contributed by atoms with van der Waals surface area (Å²) in [6, 6.07) is 14.6. The molecule has 240 valence electrons. The van der Waals surface area contributed by atoms with Gasteiger partial charge in [0, 0.05) is 36.2 Å². The maximum absolute atomic E-state index is 14.8. The zero-order chi connectivity index (χ0) is 32.3. The number of hydrogen-bond donors (Lipinski definition) is 2. The molecule has 2 N–H and O–H groups in total. The summed E-state index contributed by atoms with van der Waals surface area (Å²) < 4.78 is 12.2. The predicted octanol–water partition coefficient (Wildman–Crippen LogP) is 3.03. The molecule has 2 aromatic carbocycles. The molecule has 4 aliphatic heterocycles. The first-order valence-corrected chi connectivity index (χ1v) is 18.7. The Morgan fingerprint density at radius 2 is 1.87 bits per heavy atom. The third-order valence-corrected chi connectivity index (χ3v) is 12.4. The molecule has 2 aromatic rings. The highest BCUT2D eigenvalue weighted by Gasteiger charge is 2.66. The number of esters is 1. The van der Waals surface area contributed by atoms with Crippen molar-refractivity contribution in [2.45, 2.75) is 88.7 Å². The number of amides is 3. The van der Waals surface area contributed by atoms with Crippen molar-refractivity contribution < 1.29 is 38.6 Å². The molecule has 6 rings (SSSR count). The third-order valence-electron chi connectivity index (χ3n) is 9.92. The first-order valence-electron chi connectivity index (χ1n) is 15.7. The fraction of sp³-hybridized carbons (Fsp3) is 0.515. The average molecular weight is 636 g/mol. The first-order chi connectivity index (χ1) is 21.4. The summed E-state index contributed by atoms with van der Waals surface area (Å²) in [4.78, 5) is 69.2. The number of hydrogen-bond acceptors (Lipinski definition) is 8. The molecule has 0 aromatic heterocycles. The van der Waals surface area contributed by atoms with Crippen molar-refractivity contribution in [2.75, 3.05) is 23.0 Å². The third kappa shape index (κ3) is 5.27. The molecule has 0 radical (unpaired) electrons. The summed E-state index contributed by atoms with van der Waals surface area (Å²) >= 11 is 0. The molecule has 0 saturated carbocycles. The number of nitrogens with zero attached hydrogens (tertiary/aromatic N) is 3. The largest absolute Gasteiger partial charge is 0.441 e. The maximum Gasteiger partial charge on any atom is 0.304 e. The van der Waals surface area contributed by atoms with E-state index in [0.29, 0.717) is 23.5 Å². The Hall–Kier alpha value is -3.58. The van der Waals surface area contributed by atoms with Crippen molar-refractivity contribution in [3.05, 3.63) is 59.7 Å². The van der Waals surface area contributed by atoms with E-state index in [1.54, 1.807) is 41.1 Å². The van der Waals surface area contributed by atoms with Crippen molar-refractivity contribution in [2.24, 2.45) is 5.92 Å². The molecule has 45 heavy (non-hydrogen) atoms. The van der Waals surface area contributed by atoms with Crippen molar-refractivity contribution in [1.82, 2.24) is 4.90 Å². The lowest BCUT2D eigenvalue weighted by Gasteiger charge is -2.39. The second-order valence-electron chi connectivity index (χ2n) is 13.2. The van der Waals surface area contributed by atoms with E-state index < -0.39 is 43.7 Å². The number of fused-ring (bicyclic) bond motifs is 2. The van der Waals surface area contributed by atoms with Gasteiger partial charge in [-0.15, -0.1) is 0 Å². The minimum atomic E-state index is -3.03. The van der Waals surface area contributed by atoms with Crippen LogP contribution in [0.15, 0.2) is 48.5 Å². The van der Waals surface area contributed by atoms with Crippen LogP contribution < -0.4 is 9.80 Å². The predicted molar refractivity (Wildman–Crippen MR) is 167 cm³/mol. The van der Waals surface area contributed by atoms with Crippen LogP contribution in [0.5, 0.6) is 0 Å². The quantitative estimate of drug-likeness (QED) is 0.257. The van der Waals surface area contributed by atoms with E-state index >= 15 is 0 Å². The molecule has 0 aliphatic carbocycles. The average Bonchev–Trinajstić information content (AvgIpc) is 3.63. The Labute approximate surface area is 263 Å². The molecular weight excluding hydrogens is 594 g/mol. The van der Waals surface area contributed by atoms with Gasteiger partial charge in [-0.3, -0.25) is 24.1 Å². The Bertz CT molecular complexity index is 1510. The lowest BCUT2D eigenvalue weighted by molar-refractivity contribution is -0.154. The van der Waals surface area contributed by atoms with Crippen LogP contribution in [0.2, 0.25) is 18.6 Å². The van der Waals surface area contributed by atoms with Gasteiger partial charge in [0.25, 0.3) is 5.91 Å². The van der Waals surface area contributed by atoms with Crippen LogP contribution in [0.25, 0.3) is 0 Å². The van der Waals surface area contributed by atoms with Gasteiger partial charge in [0.05, 0.1) is 43.8 Å². The molecule has 0 bridgehead atoms. The number of rotatable bonds is 8. The standard InChI is InChI=1S/C33H41N3O8Si/c1-20-31(45(3,4)42)27(16-28(39)34-14-8-11-24(34)19-37)44-33(20)25-15-23(36-29(40)17-30(36)43-21(2)38)12-13-26(25)35(32(33)41)18-22-9-6-5-7-10-22/h5-7,9-10,12-13,15,20,24,27,30-31,37,42H,8,11,14,16-19H2,1-4H3/t20-,24+,27+,30?,31-,33+/m1/s1.